The number of aliphatic hydroxyl groups is 1. The Morgan fingerprint density at radius 3 is 2.62 bits per heavy atom. The average Bonchev–Trinajstić information content (AvgIpc) is 2.04. The summed E-state index contributed by atoms with van der Waals surface area (Å²) in [6, 6.07) is 4.94. The lowest BCUT2D eigenvalue weighted by Gasteiger charge is -2.11. The van der Waals surface area contributed by atoms with Crippen molar-refractivity contribution in [3.05, 3.63) is 33.8 Å². The van der Waals surface area contributed by atoms with Gasteiger partial charge in [0.15, 0.2) is 0 Å². The first kappa shape index (κ1) is 10.8. The van der Waals surface area contributed by atoms with Gasteiger partial charge in [-0.3, -0.25) is 0 Å². The number of hydrogen-bond donors (Lipinski definition) is 2. The molecule has 0 saturated heterocycles. The first-order valence-corrected chi connectivity index (χ1v) is 4.72. The summed E-state index contributed by atoms with van der Waals surface area (Å²) in [4.78, 5) is 0. The Morgan fingerprint density at radius 1 is 1.38 bits per heavy atom. The summed E-state index contributed by atoms with van der Waals surface area (Å²) in [5.74, 6) is 0. The van der Waals surface area contributed by atoms with E-state index in [1.165, 1.54) is 0 Å². The van der Waals surface area contributed by atoms with Crippen molar-refractivity contribution in [3.8, 4) is 0 Å². The predicted molar refractivity (Wildman–Crippen MR) is 55.1 cm³/mol. The van der Waals surface area contributed by atoms with Crippen molar-refractivity contribution in [2.45, 2.75) is 12.5 Å². The minimum Gasteiger partial charge on any atom is -0.396 e. The normalized spacial score (nSPS) is 12.9. The van der Waals surface area contributed by atoms with Crippen LogP contribution in [0.2, 0.25) is 10.0 Å². The predicted octanol–water partition coefficient (Wildman–Crippen LogP) is 2.38. The minimum absolute atomic E-state index is 0.0557. The Hall–Kier alpha value is -0.280. The molecule has 0 aliphatic heterocycles. The van der Waals surface area contributed by atoms with Crippen LogP contribution in [0.15, 0.2) is 18.2 Å². The zero-order valence-corrected chi connectivity index (χ0v) is 8.52. The summed E-state index contributed by atoms with van der Waals surface area (Å²) in [6.07, 6.45) is 0.501. The molecular weight excluding hydrogens is 209 g/mol. The van der Waals surface area contributed by atoms with Crippen LogP contribution in [0.5, 0.6) is 0 Å². The quantitative estimate of drug-likeness (QED) is 0.821. The van der Waals surface area contributed by atoms with Gasteiger partial charge in [0.2, 0.25) is 0 Å². The Morgan fingerprint density at radius 2 is 2.08 bits per heavy atom. The summed E-state index contributed by atoms with van der Waals surface area (Å²) in [5.41, 5.74) is 6.59. The number of benzene rings is 1. The summed E-state index contributed by atoms with van der Waals surface area (Å²) < 4.78 is 0. The van der Waals surface area contributed by atoms with Crippen LogP contribution in [-0.4, -0.2) is 11.7 Å². The van der Waals surface area contributed by atoms with Gasteiger partial charge in [0.25, 0.3) is 0 Å². The van der Waals surface area contributed by atoms with E-state index in [2.05, 4.69) is 0 Å². The van der Waals surface area contributed by atoms with Gasteiger partial charge in [-0.15, -0.1) is 0 Å². The molecule has 1 aromatic rings. The molecule has 3 N–H and O–H groups in total. The molecule has 0 fully saturated rings. The van der Waals surface area contributed by atoms with Crippen LogP contribution in [-0.2, 0) is 0 Å². The lowest BCUT2D eigenvalue weighted by molar-refractivity contribution is 0.276. The second-order valence-corrected chi connectivity index (χ2v) is 3.63. The first-order valence-electron chi connectivity index (χ1n) is 3.96. The topological polar surface area (TPSA) is 46.2 Å². The molecule has 1 atom stereocenters. The molecule has 0 heterocycles. The molecule has 4 heteroatoms. The van der Waals surface area contributed by atoms with Gasteiger partial charge in [-0.25, -0.2) is 0 Å². The van der Waals surface area contributed by atoms with E-state index in [-0.39, 0.29) is 12.6 Å². The largest absolute Gasteiger partial charge is 0.396 e. The maximum Gasteiger partial charge on any atom is 0.0468 e. The van der Waals surface area contributed by atoms with Gasteiger partial charge in [-0.05, 0) is 24.1 Å². The molecule has 0 aliphatic rings. The maximum atomic E-state index is 8.69. The van der Waals surface area contributed by atoms with Gasteiger partial charge in [0.1, 0.15) is 0 Å². The fourth-order valence-corrected chi connectivity index (χ4v) is 1.65. The lowest BCUT2D eigenvalue weighted by Crippen LogP contribution is -2.12. The maximum absolute atomic E-state index is 8.69. The lowest BCUT2D eigenvalue weighted by atomic mass is 10.1. The monoisotopic (exact) mass is 219 g/mol. The van der Waals surface area contributed by atoms with Gasteiger partial charge < -0.3 is 10.8 Å². The van der Waals surface area contributed by atoms with Gasteiger partial charge >= 0.3 is 0 Å². The highest BCUT2D eigenvalue weighted by atomic mass is 35.5. The SMILES string of the molecule is N[C@H](CCO)c1ccc(Cl)cc1Cl. The van der Waals surface area contributed by atoms with Crippen LogP contribution in [0, 0.1) is 0 Å². The van der Waals surface area contributed by atoms with Crippen LogP contribution in [0.25, 0.3) is 0 Å². The fraction of sp³-hybridized carbons (Fsp3) is 0.333. The molecule has 72 valence electrons. The Balaban J connectivity index is 2.88. The smallest absolute Gasteiger partial charge is 0.0468 e. The second kappa shape index (κ2) is 4.82. The van der Waals surface area contributed by atoms with Crippen LogP contribution >= 0.6 is 23.2 Å². The highest BCUT2D eigenvalue weighted by Crippen LogP contribution is 2.26. The van der Waals surface area contributed by atoms with Gasteiger partial charge in [-0.1, -0.05) is 29.3 Å². The Labute approximate surface area is 87.3 Å². The van der Waals surface area contributed by atoms with Crippen molar-refractivity contribution in [2.24, 2.45) is 5.73 Å². The van der Waals surface area contributed by atoms with Gasteiger partial charge in [0.05, 0.1) is 0 Å². The third-order valence-electron chi connectivity index (χ3n) is 1.80. The summed E-state index contributed by atoms with van der Waals surface area (Å²) >= 11 is 11.6. The van der Waals surface area contributed by atoms with E-state index < -0.39 is 0 Å². The van der Waals surface area contributed by atoms with Gasteiger partial charge in [-0.2, -0.15) is 0 Å². The van der Waals surface area contributed by atoms with Crippen molar-refractivity contribution in [1.29, 1.82) is 0 Å². The molecule has 1 aromatic carbocycles. The zero-order valence-electron chi connectivity index (χ0n) is 7.00. The van der Waals surface area contributed by atoms with E-state index in [1.54, 1.807) is 18.2 Å². The molecule has 0 amide bonds. The Bertz CT molecular complexity index is 291. The number of rotatable bonds is 3. The fourth-order valence-electron chi connectivity index (χ4n) is 1.10. The van der Waals surface area contributed by atoms with Crippen LogP contribution in [0.3, 0.4) is 0 Å². The van der Waals surface area contributed by atoms with Gasteiger partial charge in [0, 0.05) is 22.7 Å². The molecule has 0 bridgehead atoms. The molecule has 0 radical (unpaired) electrons. The van der Waals surface area contributed by atoms with Crippen molar-refractivity contribution < 1.29 is 5.11 Å². The molecule has 0 spiro atoms. The van der Waals surface area contributed by atoms with E-state index in [0.29, 0.717) is 16.5 Å². The van der Waals surface area contributed by atoms with Crippen LogP contribution in [0.1, 0.15) is 18.0 Å². The molecule has 0 aliphatic carbocycles. The summed E-state index contributed by atoms with van der Waals surface area (Å²) in [7, 11) is 0. The summed E-state index contributed by atoms with van der Waals surface area (Å²) in [5, 5.41) is 9.83. The van der Waals surface area contributed by atoms with E-state index >= 15 is 0 Å². The zero-order chi connectivity index (χ0) is 9.84. The van der Waals surface area contributed by atoms with Crippen molar-refractivity contribution in [2.75, 3.05) is 6.61 Å². The molecule has 2 nitrogen and oxygen atoms in total. The van der Waals surface area contributed by atoms with Crippen LogP contribution in [0.4, 0.5) is 0 Å². The third-order valence-corrected chi connectivity index (χ3v) is 2.36. The minimum atomic E-state index is -0.227. The second-order valence-electron chi connectivity index (χ2n) is 2.78. The van der Waals surface area contributed by atoms with Crippen LogP contribution < -0.4 is 5.73 Å². The van der Waals surface area contributed by atoms with E-state index in [4.69, 9.17) is 34.0 Å². The van der Waals surface area contributed by atoms with E-state index in [0.717, 1.165) is 5.56 Å². The highest BCUT2D eigenvalue weighted by molar-refractivity contribution is 6.35. The molecular formula is C9H11Cl2NO. The number of aliphatic hydroxyl groups excluding tert-OH is 1. The highest BCUT2D eigenvalue weighted by Gasteiger charge is 2.09. The third kappa shape index (κ3) is 2.85. The average molecular weight is 220 g/mol. The molecule has 1 rings (SSSR count). The van der Waals surface area contributed by atoms with E-state index in [9.17, 15) is 0 Å². The summed E-state index contributed by atoms with van der Waals surface area (Å²) in [6.45, 7) is 0.0557. The Kier molecular flexibility index (Phi) is 4.00. The number of nitrogens with two attached hydrogens (primary N) is 1. The number of hydrogen-bond acceptors (Lipinski definition) is 2. The van der Waals surface area contributed by atoms with Crippen molar-refractivity contribution in [3.63, 3.8) is 0 Å². The van der Waals surface area contributed by atoms with Crippen molar-refractivity contribution >= 4 is 23.2 Å². The first-order chi connectivity index (χ1) is 6.15. The molecule has 0 unspecified atom stereocenters. The molecule has 0 saturated carbocycles. The molecule has 13 heavy (non-hydrogen) atoms. The molecule has 0 aromatic heterocycles. The van der Waals surface area contributed by atoms with Crippen molar-refractivity contribution in [1.82, 2.24) is 0 Å². The van der Waals surface area contributed by atoms with E-state index in [1.807, 2.05) is 0 Å². The standard InChI is InChI=1S/C9H11Cl2NO/c10-6-1-2-7(8(11)5-6)9(12)3-4-13/h1-2,5,9,13H,3-4,12H2/t9-/m1/s1. The number of halogens is 2.